The number of benzene rings is 1. The summed E-state index contributed by atoms with van der Waals surface area (Å²) in [5.41, 5.74) is 0.00336. The molecule has 0 radical (unpaired) electrons. The molecule has 0 bridgehead atoms. The highest BCUT2D eigenvalue weighted by atomic mass is 35.5. The van der Waals surface area contributed by atoms with Gasteiger partial charge in [0.2, 0.25) is 5.91 Å². The van der Waals surface area contributed by atoms with Crippen molar-refractivity contribution in [2.24, 2.45) is 0 Å². The molecule has 0 atom stereocenters. The fourth-order valence-corrected chi connectivity index (χ4v) is 3.96. The van der Waals surface area contributed by atoms with Crippen LogP contribution in [0.15, 0.2) is 64.0 Å². The smallest absolute Gasteiger partial charge is 0.267 e. The fraction of sp³-hybridized carbons (Fsp3) is 0.318. The molecule has 4 rings (SSSR count). The van der Waals surface area contributed by atoms with E-state index in [1.54, 1.807) is 43.2 Å². The standard InChI is InChI=1S/C22H23ClN4O3/c1-22(2,27-20(28)10-9-17(24-27)19-8-5-15-30-19)21(29)26-13-11-25(12-14-26)18-7-4-3-6-16(18)23/h3-10,15H,11-14H2,1-2H3. The Morgan fingerprint density at radius 3 is 2.43 bits per heavy atom. The minimum Gasteiger partial charge on any atom is -0.463 e. The highest BCUT2D eigenvalue weighted by Gasteiger charge is 2.37. The van der Waals surface area contributed by atoms with E-state index in [2.05, 4.69) is 10.00 Å². The van der Waals surface area contributed by atoms with Crippen LogP contribution >= 0.6 is 11.6 Å². The Balaban J connectivity index is 1.53. The number of hydrogen-bond donors (Lipinski definition) is 0. The van der Waals surface area contributed by atoms with E-state index in [1.807, 2.05) is 24.3 Å². The Morgan fingerprint density at radius 2 is 1.77 bits per heavy atom. The average Bonchev–Trinajstić information content (AvgIpc) is 3.29. The minimum absolute atomic E-state index is 0.146. The maximum atomic E-state index is 13.3. The lowest BCUT2D eigenvalue weighted by molar-refractivity contribution is -0.140. The van der Waals surface area contributed by atoms with Crippen molar-refractivity contribution in [3.8, 4) is 11.5 Å². The maximum Gasteiger partial charge on any atom is 0.267 e. The van der Waals surface area contributed by atoms with Gasteiger partial charge in [-0.05, 0) is 44.2 Å². The summed E-state index contributed by atoms with van der Waals surface area (Å²) in [4.78, 5) is 29.8. The van der Waals surface area contributed by atoms with Gasteiger partial charge in [-0.15, -0.1) is 0 Å². The number of amides is 1. The van der Waals surface area contributed by atoms with Crippen LogP contribution in [0.3, 0.4) is 0 Å². The lowest BCUT2D eigenvalue weighted by Gasteiger charge is -2.39. The van der Waals surface area contributed by atoms with E-state index in [4.69, 9.17) is 16.0 Å². The van der Waals surface area contributed by atoms with Gasteiger partial charge in [-0.2, -0.15) is 5.10 Å². The van der Waals surface area contributed by atoms with Gasteiger partial charge in [-0.3, -0.25) is 9.59 Å². The topological polar surface area (TPSA) is 71.6 Å². The van der Waals surface area contributed by atoms with Crippen LogP contribution in [-0.4, -0.2) is 46.8 Å². The molecule has 1 fully saturated rings. The van der Waals surface area contributed by atoms with Crippen LogP contribution in [-0.2, 0) is 10.3 Å². The van der Waals surface area contributed by atoms with Gasteiger partial charge in [0.1, 0.15) is 11.2 Å². The van der Waals surface area contributed by atoms with Crippen LogP contribution in [0.25, 0.3) is 11.5 Å². The highest BCUT2D eigenvalue weighted by molar-refractivity contribution is 6.33. The third-order valence-electron chi connectivity index (χ3n) is 5.39. The lowest BCUT2D eigenvalue weighted by Crippen LogP contribution is -2.56. The summed E-state index contributed by atoms with van der Waals surface area (Å²) in [5.74, 6) is 0.396. The SMILES string of the molecule is CC(C)(C(=O)N1CCN(c2ccccc2Cl)CC1)n1nc(-c2ccco2)ccc1=O. The van der Waals surface area contributed by atoms with Crippen LogP contribution in [0.4, 0.5) is 5.69 Å². The Hall–Kier alpha value is -3.06. The second kappa shape index (κ2) is 7.99. The summed E-state index contributed by atoms with van der Waals surface area (Å²) < 4.78 is 6.62. The lowest BCUT2D eigenvalue weighted by atomic mass is 10.0. The molecule has 1 aromatic carbocycles. The van der Waals surface area contributed by atoms with E-state index in [0.717, 1.165) is 5.69 Å². The van der Waals surface area contributed by atoms with Crippen molar-refractivity contribution in [3.63, 3.8) is 0 Å². The first-order valence-electron chi connectivity index (χ1n) is 9.81. The third kappa shape index (κ3) is 3.73. The molecular formula is C22H23ClN4O3. The number of piperazine rings is 1. The highest BCUT2D eigenvalue weighted by Crippen LogP contribution is 2.27. The van der Waals surface area contributed by atoms with Crippen LogP contribution in [0.1, 0.15) is 13.8 Å². The molecule has 3 heterocycles. The number of halogens is 1. The van der Waals surface area contributed by atoms with Gasteiger partial charge in [-0.25, -0.2) is 4.68 Å². The Bertz CT molecular complexity index is 1100. The molecule has 8 heteroatoms. The second-order valence-electron chi connectivity index (χ2n) is 7.74. The van der Waals surface area contributed by atoms with Gasteiger partial charge >= 0.3 is 0 Å². The average molecular weight is 427 g/mol. The van der Waals surface area contributed by atoms with Crippen molar-refractivity contribution >= 4 is 23.2 Å². The number of furan rings is 1. The van der Waals surface area contributed by atoms with Crippen molar-refractivity contribution in [2.45, 2.75) is 19.4 Å². The Labute approximate surface area is 179 Å². The number of para-hydroxylation sites is 1. The third-order valence-corrected chi connectivity index (χ3v) is 5.71. The van der Waals surface area contributed by atoms with Gasteiger partial charge in [0, 0.05) is 32.2 Å². The van der Waals surface area contributed by atoms with Crippen molar-refractivity contribution in [1.82, 2.24) is 14.7 Å². The van der Waals surface area contributed by atoms with Crippen molar-refractivity contribution in [1.29, 1.82) is 0 Å². The van der Waals surface area contributed by atoms with Crippen molar-refractivity contribution in [3.05, 3.63) is 70.2 Å². The normalized spacial score (nSPS) is 14.8. The van der Waals surface area contributed by atoms with Gasteiger partial charge in [0.05, 0.1) is 17.0 Å². The van der Waals surface area contributed by atoms with E-state index in [-0.39, 0.29) is 11.5 Å². The maximum absolute atomic E-state index is 13.3. The van der Waals surface area contributed by atoms with Crippen LogP contribution < -0.4 is 10.5 Å². The molecular weight excluding hydrogens is 404 g/mol. The fourth-order valence-electron chi connectivity index (χ4n) is 3.70. The predicted molar refractivity (Wildman–Crippen MR) is 116 cm³/mol. The molecule has 1 saturated heterocycles. The molecule has 2 aromatic heterocycles. The molecule has 0 unspecified atom stereocenters. The number of aromatic nitrogens is 2. The molecule has 0 spiro atoms. The van der Waals surface area contributed by atoms with E-state index < -0.39 is 5.54 Å². The van der Waals surface area contributed by atoms with E-state index in [9.17, 15) is 9.59 Å². The Kier molecular flexibility index (Phi) is 5.39. The van der Waals surface area contributed by atoms with Gasteiger partial charge in [-0.1, -0.05) is 23.7 Å². The molecule has 0 saturated carbocycles. The molecule has 1 aliphatic heterocycles. The summed E-state index contributed by atoms with van der Waals surface area (Å²) in [6, 6.07) is 14.2. The molecule has 0 aliphatic carbocycles. The number of nitrogens with zero attached hydrogens (tertiary/aromatic N) is 4. The summed E-state index contributed by atoms with van der Waals surface area (Å²) in [5, 5.41) is 5.11. The number of carbonyl (C=O) groups excluding carboxylic acids is 1. The van der Waals surface area contributed by atoms with Gasteiger partial charge in [0.15, 0.2) is 5.76 Å². The quantitative estimate of drug-likeness (QED) is 0.640. The summed E-state index contributed by atoms with van der Waals surface area (Å²) >= 11 is 6.31. The second-order valence-corrected chi connectivity index (χ2v) is 8.14. The van der Waals surface area contributed by atoms with Crippen molar-refractivity contribution < 1.29 is 9.21 Å². The van der Waals surface area contributed by atoms with E-state index in [0.29, 0.717) is 42.7 Å². The number of rotatable bonds is 4. The molecule has 1 aliphatic rings. The predicted octanol–water partition coefficient (Wildman–Crippen LogP) is 3.24. The number of anilines is 1. The van der Waals surface area contributed by atoms with Crippen LogP contribution in [0, 0.1) is 0 Å². The molecule has 156 valence electrons. The zero-order valence-corrected chi connectivity index (χ0v) is 17.7. The monoisotopic (exact) mass is 426 g/mol. The van der Waals surface area contributed by atoms with Crippen molar-refractivity contribution in [2.75, 3.05) is 31.1 Å². The summed E-state index contributed by atoms with van der Waals surface area (Å²) in [6.07, 6.45) is 1.54. The largest absolute Gasteiger partial charge is 0.463 e. The van der Waals surface area contributed by atoms with Gasteiger partial charge < -0.3 is 14.2 Å². The van der Waals surface area contributed by atoms with Crippen LogP contribution in [0.5, 0.6) is 0 Å². The molecule has 3 aromatic rings. The Morgan fingerprint density at radius 1 is 1.03 bits per heavy atom. The zero-order valence-electron chi connectivity index (χ0n) is 16.9. The first-order valence-corrected chi connectivity index (χ1v) is 10.2. The number of hydrogen-bond acceptors (Lipinski definition) is 5. The number of carbonyl (C=O) groups is 1. The first kappa shape index (κ1) is 20.2. The molecule has 0 N–H and O–H groups in total. The van der Waals surface area contributed by atoms with E-state index >= 15 is 0 Å². The van der Waals surface area contributed by atoms with Gasteiger partial charge in [0.25, 0.3) is 5.56 Å². The van der Waals surface area contributed by atoms with E-state index in [1.165, 1.54) is 10.7 Å². The first-order chi connectivity index (χ1) is 14.4. The molecule has 7 nitrogen and oxygen atoms in total. The summed E-state index contributed by atoms with van der Waals surface area (Å²) in [7, 11) is 0. The summed E-state index contributed by atoms with van der Waals surface area (Å²) in [6.45, 7) is 5.85. The molecule has 30 heavy (non-hydrogen) atoms. The zero-order chi connectivity index (χ0) is 21.3. The molecule has 1 amide bonds. The van der Waals surface area contributed by atoms with Crippen LogP contribution in [0.2, 0.25) is 5.02 Å². The minimum atomic E-state index is -1.13.